The number of aliphatic hydroxyl groups is 1. The van der Waals surface area contributed by atoms with Gasteiger partial charge in [-0.1, -0.05) is 35.5 Å². The van der Waals surface area contributed by atoms with E-state index in [1.54, 1.807) is 13.0 Å². The maximum atomic E-state index is 12.3. The third-order valence-electron chi connectivity index (χ3n) is 4.54. The Labute approximate surface area is 151 Å². The first-order chi connectivity index (χ1) is 12.5. The molecule has 6 N–H and O–H groups in total. The molecule has 1 heterocycles. The van der Waals surface area contributed by atoms with Crippen LogP contribution in [0.1, 0.15) is 30.3 Å². The Bertz CT molecular complexity index is 781. The van der Waals surface area contributed by atoms with Crippen LogP contribution < -0.4 is 16.9 Å². The van der Waals surface area contributed by atoms with Crippen LogP contribution in [-0.4, -0.2) is 39.4 Å². The van der Waals surface area contributed by atoms with Gasteiger partial charge >= 0.3 is 0 Å². The van der Waals surface area contributed by atoms with Gasteiger partial charge in [0.15, 0.2) is 0 Å². The van der Waals surface area contributed by atoms with Crippen molar-refractivity contribution in [2.24, 2.45) is 11.6 Å². The van der Waals surface area contributed by atoms with Gasteiger partial charge in [0.2, 0.25) is 5.76 Å². The molecule has 1 saturated carbocycles. The van der Waals surface area contributed by atoms with Crippen LogP contribution >= 0.6 is 0 Å². The number of carbonyl (C=O) groups excluding carboxylic acids is 1. The van der Waals surface area contributed by atoms with E-state index >= 15 is 0 Å². The number of nitrogens with zero attached hydrogens (tertiary/aromatic N) is 2. The van der Waals surface area contributed by atoms with Gasteiger partial charge in [-0.25, -0.2) is 5.84 Å². The fourth-order valence-corrected chi connectivity index (χ4v) is 2.97. The molecule has 0 radical (unpaired) electrons. The summed E-state index contributed by atoms with van der Waals surface area (Å²) in [6.45, 7) is 1.60. The van der Waals surface area contributed by atoms with E-state index in [1.807, 2.05) is 30.3 Å². The van der Waals surface area contributed by atoms with Gasteiger partial charge in [0.1, 0.15) is 5.69 Å². The number of aliphatic hydroxyl groups excluding tert-OH is 1. The molecule has 0 aliphatic heterocycles. The first-order valence-electron chi connectivity index (χ1n) is 8.46. The van der Waals surface area contributed by atoms with Gasteiger partial charge in [0, 0.05) is 29.9 Å². The molecule has 0 bridgehead atoms. The molecule has 0 spiro atoms. The van der Waals surface area contributed by atoms with E-state index in [4.69, 9.17) is 16.1 Å². The summed E-state index contributed by atoms with van der Waals surface area (Å²) in [7, 11) is 0. The van der Waals surface area contributed by atoms with E-state index in [0.717, 1.165) is 5.56 Å². The minimum Gasteiger partial charge on any atom is -0.403 e. The number of carbonyl (C=O) groups is 1. The zero-order valence-electron chi connectivity index (χ0n) is 14.5. The first kappa shape index (κ1) is 18.0. The second kappa shape index (κ2) is 7.59. The first-order valence-corrected chi connectivity index (χ1v) is 8.46. The molecule has 1 aromatic heterocycles. The number of hydrogen-bond donors (Lipinski definition) is 4. The van der Waals surface area contributed by atoms with Gasteiger partial charge in [-0.2, -0.15) is 0 Å². The molecule has 3 rings (SSSR count). The summed E-state index contributed by atoms with van der Waals surface area (Å²) >= 11 is 0. The molecule has 0 saturated heterocycles. The predicted molar refractivity (Wildman–Crippen MR) is 96.2 cm³/mol. The van der Waals surface area contributed by atoms with Crippen LogP contribution in [0.5, 0.6) is 0 Å². The minimum absolute atomic E-state index is 0.0132. The van der Waals surface area contributed by atoms with Gasteiger partial charge in [0.25, 0.3) is 5.91 Å². The van der Waals surface area contributed by atoms with E-state index in [0.29, 0.717) is 24.2 Å². The lowest BCUT2D eigenvalue weighted by Gasteiger charge is -2.42. The second-order valence-electron chi connectivity index (χ2n) is 6.41. The highest BCUT2D eigenvalue weighted by Crippen LogP contribution is 2.27. The van der Waals surface area contributed by atoms with Crippen LogP contribution in [0.25, 0.3) is 11.3 Å². The van der Waals surface area contributed by atoms with E-state index in [-0.39, 0.29) is 23.8 Å². The van der Waals surface area contributed by atoms with Crippen LogP contribution in [0.15, 0.2) is 52.8 Å². The third-order valence-corrected chi connectivity index (χ3v) is 4.54. The van der Waals surface area contributed by atoms with E-state index in [2.05, 4.69) is 10.5 Å². The lowest BCUT2D eigenvalue weighted by atomic mass is 9.85. The van der Waals surface area contributed by atoms with Gasteiger partial charge < -0.3 is 25.7 Å². The van der Waals surface area contributed by atoms with Crippen LogP contribution in [0, 0.1) is 0 Å². The van der Waals surface area contributed by atoms with Crippen molar-refractivity contribution in [1.29, 1.82) is 0 Å². The summed E-state index contributed by atoms with van der Waals surface area (Å²) < 4.78 is 5.16. The fraction of sp³-hybridized carbons (Fsp3) is 0.333. The van der Waals surface area contributed by atoms with Gasteiger partial charge in [-0.15, -0.1) is 0 Å². The lowest BCUT2D eigenvalue weighted by molar-refractivity contribution is 0.0727. The Morgan fingerprint density at radius 3 is 2.73 bits per heavy atom. The maximum Gasteiger partial charge on any atom is 0.290 e. The van der Waals surface area contributed by atoms with Crippen molar-refractivity contribution in [3.8, 4) is 11.3 Å². The number of hydrogen-bond acceptors (Lipinski definition) is 7. The maximum absolute atomic E-state index is 12.3. The van der Waals surface area contributed by atoms with E-state index < -0.39 is 6.10 Å². The summed E-state index contributed by atoms with van der Waals surface area (Å²) in [5.74, 6) is 5.85. The van der Waals surface area contributed by atoms with Gasteiger partial charge in [-0.3, -0.25) is 4.79 Å². The molecular formula is C18H23N5O3. The molecular weight excluding hydrogens is 334 g/mol. The molecule has 138 valence electrons. The molecule has 1 aliphatic rings. The summed E-state index contributed by atoms with van der Waals surface area (Å²) in [4.78, 5) is 12.3. The van der Waals surface area contributed by atoms with Gasteiger partial charge in [0.05, 0.1) is 11.8 Å². The SMILES string of the molecule is CC(O)/C(=C/N)N(N)C1CC(NC(=O)c2cc(-c3ccccc3)no2)C1. The Morgan fingerprint density at radius 2 is 2.12 bits per heavy atom. The van der Waals surface area contributed by atoms with Crippen LogP contribution in [-0.2, 0) is 0 Å². The van der Waals surface area contributed by atoms with Crippen LogP contribution in [0.3, 0.4) is 0 Å². The predicted octanol–water partition coefficient (Wildman–Crippen LogP) is 0.959. The average molecular weight is 357 g/mol. The highest BCUT2D eigenvalue weighted by molar-refractivity contribution is 5.92. The standard InChI is InChI=1S/C18H23N5O3/c1-11(24)16(10-19)23(20)14-7-13(8-14)21-18(25)17-9-15(22-26-17)12-5-3-2-4-6-12/h2-6,9-11,13-14,24H,7-8,19-20H2,1H3,(H,21,25)/b16-10-. The van der Waals surface area contributed by atoms with Crippen molar-refractivity contribution in [1.82, 2.24) is 15.5 Å². The van der Waals surface area contributed by atoms with Crippen LogP contribution in [0.2, 0.25) is 0 Å². The van der Waals surface area contributed by atoms with Crippen molar-refractivity contribution in [2.45, 2.75) is 38.0 Å². The zero-order valence-corrected chi connectivity index (χ0v) is 14.5. The molecule has 1 aliphatic carbocycles. The Balaban J connectivity index is 1.54. The van der Waals surface area contributed by atoms with E-state index in [1.165, 1.54) is 11.2 Å². The van der Waals surface area contributed by atoms with Gasteiger partial charge in [-0.05, 0) is 19.8 Å². The molecule has 8 nitrogen and oxygen atoms in total. The smallest absolute Gasteiger partial charge is 0.290 e. The third kappa shape index (κ3) is 3.71. The van der Waals surface area contributed by atoms with Crippen molar-refractivity contribution >= 4 is 5.91 Å². The Hall–Kier alpha value is -2.84. The molecule has 1 fully saturated rings. The second-order valence-corrected chi connectivity index (χ2v) is 6.41. The highest BCUT2D eigenvalue weighted by atomic mass is 16.5. The Morgan fingerprint density at radius 1 is 1.42 bits per heavy atom. The number of aromatic nitrogens is 1. The summed E-state index contributed by atoms with van der Waals surface area (Å²) in [5.41, 5.74) is 7.46. The molecule has 1 amide bonds. The molecule has 2 aromatic rings. The summed E-state index contributed by atoms with van der Waals surface area (Å²) in [6.07, 6.45) is 1.87. The van der Waals surface area contributed by atoms with Crippen molar-refractivity contribution < 1.29 is 14.4 Å². The minimum atomic E-state index is -0.746. The van der Waals surface area contributed by atoms with Crippen molar-refractivity contribution in [3.63, 3.8) is 0 Å². The topological polar surface area (TPSA) is 131 Å². The average Bonchev–Trinajstić information content (AvgIpc) is 3.08. The van der Waals surface area contributed by atoms with Crippen molar-refractivity contribution in [2.75, 3.05) is 0 Å². The number of hydrazine groups is 1. The Kier molecular flexibility index (Phi) is 5.24. The fourth-order valence-electron chi connectivity index (χ4n) is 2.97. The lowest BCUT2D eigenvalue weighted by Crippen LogP contribution is -2.56. The zero-order chi connectivity index (χ0) is 18.7. The van der Waals surface area contributed by atoms with Crippen molar-refractivity contribution in [3.05, 3.63) is 54.1 Å². The number of nitrogens with one attached hydrogen (secondary N) is 1. The molecule has 1 aromatic carbocycles. The summed E-state index contributed by atoms with van der Waals surface area (Å²) in [6, 6.07) is 11.1. The molecule has 8 heteroatoms. The number of rotatable bonds is 6. The number of nitrogens with two attached hydrogens (primary N) is 2. The highest BCUT2D eigenvalue weighted by Gasteiger charge is 2.35. The molecule has 1 unspecified atom stereocenters. The normalized spacial score (nSPS) is 21.0. The summed E-state index contributed by atoms with van der Waals surface area (Å²) in [5, 5.41) is 18.0. The quantitative estimate of drug-likeness (QED) is 0.447. The van der Waals surface area contributed by atoms with E-state index in [9.17, 15) is 9.90 Å². The monoisotopic (exact) mass is 357 g/mol. The van der Waals surface area contributed by atoms with Crippen LogP contribution in [0.4, 0.5) is 0 Å². The molecule has 26 heavy (non-hydrogen) atoms. The molecule has 1 atom stereocenters. The number of benzene rings is 1. The largest absolute Gasteiger partial charge is 0.403 e. The number of amides is 1.